The number of benzene rings is 2. The first-order valence-corrected chi connectivity index (χ1v) is 9.33. The van der Waals surface area contributed by atoms with E-state index in [4.69, 9.17) is 9.15 Å². The monoisotopic (exact) mass is 377 g/mol. The van der Waals surface area contributed by atoms with Gasteiger partial charge in [-0.2, -0.15) is 0 Å². The SMILES string of the molecule is Cc1coc(-c2cc(NC(=O)N3Cc4ccccc4OC[C@H]3C)ccc2C)n1. The van der Waals surface area contributed by atoms with Crippen molar-refractivity contribution in [1.29, 1.82) is 0 Å². The summed E-state index contributed by atoms with van der Waals surface area (Å²) in [4.78, 5) is 19.2. The number of nitrogens with one attached hydrogen (secondary N) is 1. The van der Waals surface area contributed by atoms with Crippen molar-refractivity contribution < 1.29 is 13.9 Å². The summed E-state index contributed by atoms with van der Waals surface area (Å²) in [6.45, 7) is 6.82. The third-order valence-corrected chi connectivity index (χ3v) is 4.92. The normalized spacial score (nSPS) is 16.1. The molecule has 0 aliphatic carbocycles. The van der Waals surface area contributed by atoms with E-state index in [0.29, 0.717) is 24.7 Å². The van der Waals surface area contributed by atoms with E-state index in [9.17, 15) is 4.79 Å². The molecule has 1 aromatic heterocycles. The zero-order valence-electron chi connectivity index (χ0n) is 16.2. The number of aryl methyl sites for hydroxylation is 2. The molecule has 0 spiro atoms. The van der Waals surface area contributed by atoms with Gasteiger partial charge >= 0.3 is 6.03 Å². The number of urea groups is 1. The number of anilines is 1. The molecule has 0 saturated heterocycles. The van der Waals surface area contributed by atoms with Crippen LogP contribution in [-0.2, 0) is 6.54 Å². The number of nitrogens with zero attached hydrogens (tertiary/aromatic N) is 2. The lowest BCUT2D eigenvalue weighted by atomic mass is 10.1. The van der Waals surface area contributed by atoms with E-state index in [1.54, 1.807) is 11.2 Å². The number of ether oxygens (including phenoxy) is 1. The van der Waals surface area contributed by atoms with Crippen LogP contribution in [-0.4, -0.2) is 28.6 Å². The van der Waals surface area contributed by atoms with Crippen LogP contribution in [0.5, 0.6) is 5.75 Å². The topological polar surface area (TPSA) is 67.6 Å². The average Bonchev–Trinajstić information content (AvgIpc) is 3.04. The van der Waals surface area contributed by atoms with Crippen LogP contribution in [0.4, 0.5) is 10.5 Å². The Morgan fingerprint density at radius 1 is 1.21 bits per heavy atom. The number of hydrogen-bond acceptors (Lipinski definition) is 4. The molecule has 6 nitrogen and oxygen atoms in total. The molecule has 2 amide bonds. The quantitative estimate of drug-likeness (QED) is 0.698. The van der Waals surface area contributed by atoms with Crippen LogP contribution >= 0.6 is 0 Å². The van der Waals surface area contributed by atoms with Crippen LogP contribution in [0.25, 0.3) is 11.5 Å². The molecule has 1 aliphatic rings. The first-order chi connectivity index (χ1) is 13.5. The summed E-state index contributed by atoms with van der Waals surface area (Å²) in [5.41, 5.74) is 4.42. The largest absolute Gasteiger partial charge is 0.491 e. The van der Waals surface area contributed by atoms with Crippen molar-refractivity contribution in [3.63, 3.8) is 0 Å². The molecule has 3 aromatic rings. The summed E-state index contributed by atoms with van der Waals surface area (Å²) < 4.78 is 11.4. The fourth-order valence-electron chi connectivity index (χ4n) is 3.29. The molecule has 2 heterocycles. The van der Waals surface area contributed by atoms with Gasteiger partial charge in [-0.05, 0) is 44.5 Å². The standard InChI is InChI=1S/C22H23N3O3/c1-14-8-9-18(10-19(14)21-23-15(2)12-28-21)24-22(26)25-11-17-6-4-5-7-20(17)27-13-16(25)3/h4-10,12,16H,11,13H2,1-3H3,(H,24,26)/t16-/m1/s1. The summed E-state index contributed by atoms with van der Waals surface area (Å²) >= 11 is 0. The van der Waals surface area contributed by atoms with Crippen LogP contribution in [0.2, 0.25) is 0 Å². The molecule has 0 fully saturated rings. The van der Waals surface area contributed by atoms with Gasteiger partial charge in [-0.25, -0.2) is 9.78 Å². The fraction of sp³-hybridized carbons (Fsp3) is 0.273. The number of aromatic nitrogens is 1. The second-order valence-corrected chi connectivity index (χ2v) is 7.15. The van der Waals surface area contributed by atoms with E-state index in [2.05, 4.69) is 10.3 Å². The maximum atomic E-state index is 13.0. The highest BCUT2D eigenvalue weighted by Gasteiger charge is 2.25. The van der Waals surface area contributed by atoms with Crippen molar-refractivity contribution in [1.82, 2.24) is 9.88 Å². The van der Waals surface area contributed by atoms with Crippen molar-refractivity contribution in [2.45, 2.75) is 33.4 Å². The van der Waals surface area contributed by atoms with Crippen molar-refractivity contribution in [3.8, 4) is 17.2 Å². The molecule has 0 unspecified atom stereocenters. The van der Waals surface area contributed by atoms with Crippen LogP contribution in [0.1, 0.15) is 23.7 Å². The second-order valence-electron chi connectivity index (χ2n) is 7.15. The first kappa shape index (κ1) is 18.1. The van der Waals surface area contributed by atoms with E-state index in [1.807, 2.05) is 63.2 Å². The molecule has 6 heteroatoms. The van der Waals surface area contributed by atoms with Gasteiger partial charge in [-0.15, -0.1) is 0 Å². The summed E-state index contributed by atoms with van der Waals surface area (Å²) in [5.74, 6) is 1.39. The predicted octanol–water partition coefficient (Wildman–Crippen LogP) is 4.77. The molecule has 2 aromatic carbocycles. The summed E-state index contributed by atoms with van der Waals surface area (Å²) in [6, 6.07) is 13.4. The molecule has 0 saturated carbocycles. The number of amides is 2. The summed E-state index contributed by atoms with van der Waals surface area (Å²) in [7, 11) is 0. The van der Waals surface area contributed by atoms with Crippen LogP contribution in [0.3, 0.4) is 0 Å². The third kappa shape index (κ3) is 3.58. The van der Waals surface area contributed by atoms with Gasteiger partial charge in [-0.3, -0.25) is 0 Å². The molecule has 1 atom stereocenters. The first-order valence-electron chi connectivity index (χ1n) is 9.33. The minimum atomic E-state index is -0.161. The molecule has 0 radical (unpaired) electrons. The number of carbonyl (C=O) groups excluding carboxylic acids is 1. The molecule has 1 aliphatic heterocycles. The van der Waals surface area contributed by atoms with E-state index in [-0.39, 0.29) is 12.1 Å². The Kier molecular flexibility index (Phi) is 4.77. The summed E-state index contributed by atoms with van der Waals surface area (Å²) in [5, 5.41) is 3.01. The van der Waals surface area contributed by atoms with E-state index >= 15 is 0 Å². The lowest BCUT2D eigenvalue weighted by Crippen LogP contribution is -2.42. The van der Waals surface area contributed by atoms with Gasteiger partial charge in [0.1, 0.15) is 18.6 Å². The molecular weight excluding hydrogens is 354 g/mol. The van der Waals surface area contributed by atoms with Crippen LogP contribution in [0.15, 0.2) is 53.1 Å². The van der Waals surface area contributed by atoms with Crippen molar-refractivity contribution >= 4 is 11.7 Å². The van der Waals surface area contributed by atoms with Gasteiger partial charge in [0.2, 0.25) is 5.89 Å². The van der Waals surface area contributed by atoms with Crippen LogP contribution < -0.4 is 10.1 Å². The van der Waals surface area contributed by atoms with Crippen LogP contribution in [0, 0.1) is 13.8 Å². The molecule has 1 N–H and O–H groups in total. The lowest BCUT2D eigenvalue weighted by molar-refractivity contribution is 0.168. The second kappa shape index (κ2) is 7.38. The van der Waals surface area contributed by atoms with E-state index in [0.717, 1.165) is 28.1 Å². The Morgan fingerprint density at radius 3 is 2.82 bits per heavy atom. The minimum absolute atomic E-state index is 0.0493. The molecule has 4 rings (SSSR count). The van der Waals surface area contributed by atoms with Gasteiger partial charge in [0.15, 0.2) is 0 Å². The number of carbonyl (C=O) groups is 1. The Hall–Kier alpha value is -3.28. The molecule has 0 bridgehead atoms. The van der Waals surface area contributed by atoms with Gasteiger partial charge < -0.3 is 19.4 Å². The highest BCUT2D eigenvalue weighted by atomic mass is 16.5. The van der Waals surface area contributed by atoms with Gasteiger partial charge in [0, 0.05) is 16.8 Å². The minimum Gasteiger partial charge on any atom is -0.491 e. The predicted molar refractivity (Wildman–Crippen MR) is 107 cm³/mol. The van der Waals surface area contributed by atoms with Crippen molar-refractivity contribution in [2.24, 2.45) is 0 Å². The Labute approximate surface area is 164 Å². The van der Waals surface area contributed by atoms with E-state index < -0.39 is 0 Å². The van der Waals surface area contributed by atoms with Gasteiger partial charge in [0.05, 0.1) is 18.3 Å². The molecule has 144 valence electrons. The smallest absolute Gasteiger partial charge is 0.322 e. The highest BCUT2D eigenvalue weighted by Crippen LogP contribution is 2.28. The van der Waals surface area contributed by atoms with E-state index in [1.165, 1.54) is 0 Å². The summed E-state index contributed by atoms with van der Waals surface area (Å²) in [6.07, 6.45) is 1.62. The zero-order chi connectivity index (χ0) is 19.7. The Morgan fingerprint density at radius 2 is 2.04 bits per heavy atom. The fourth-order valence-corrected chi connectivity index (χ4v) is 3.29. The lowest BCUT2D eigenvalue weighted by Gasteiger charge is -2.26. The number of oxazole rings is 1. The average molecular weight is 377 g/mol. The Balaban J connectivity index is 1.56. The molecule has 28 heavy (non-hydrogen) atoms. The number of para-hydroxylation sites is 1. The van der Waals surface area contributed by atoms with Gasteiger partial charge in [0.25, 0.3) is 0 Å². The maximum Gasteiger partial charge on any atom is 0.322 e. The number of rotatable bonds is 2. The Bertz CT molecular complexity index is 1010. The number of hydrogen-bond donors (Lipinski definition) is 1. The highest BCUT2D eigenvalue weighted by molar-refractivity contribution is 5.90. The van der Waals surface area contributed by atoms with Crippen molar-refractivity contribution in [3.05, 3.63) is 65.5 Å². The number of fused-ring (bicyclic) bond motifs is 1. The molecular formula is C22H23N3O3. The maximum absolute atomic E-state index is 13.0. The third-order valence-electron chi connectivity index (χ3n) is 4.92. The van der Waals surface area contributed by atoms with Gasteiger partial charge in [-0.1, -0.05) is 24.3 Å². The zero-order valence-corrected chi connectivity index (χ0v) is 16.2. The van der Waals surface area contributed by atoms with Crippen molar-refractivity contribution in [2.75, 3.05) is 11.9 Å².